The normalized spacial score (nSPS) is 10.3. The van der Waals surface area contributed by atoms with Crippen LogP contribution in [0.4, 0.5) is 10.2 Å². The fourth-order valence-corrected chi connectivity index (χ4v) is 1.89. The minimum absolute atomic E-state index is 0.278. The first-order chi connectivity index (χ1) is 8.95. The molecule has 1 N–H and O–H groups in total. The quantitative estimate of drug-likeness (QED) is 0.912. The summed E-state index contributed by atoms with van der Waals surface area (Å²) < 4.78 is 14.1. The standard InChI is InChI=1S/C14H12BrFN2O/c1-8-5-10(7-11(16)6-8)14(19)18-13-4-3-12(15)9(2)17-13/h3-7H,1-2H3,(H,17,18,19). The van der Waals surface area contributed by atoms with Gasteiger partial charge in [0.25, 0.3) is 5.91 Å². The van der Waals surface area contributed by atoms with Crippen LogP contribution in [-0.4, -0.2) is 10.9 Å². The number of nitrogens with zero attached hydrogens (tertiary/aromatic N) is 1. The molecule has 98 valence electrons. The van der Waals surface area contributed by atoms with E-state index in [1.165, 1.54) is 12.1 Å². The van der Waals surface area contributed by atoms with Gasteiger partial charge < -0.3 is 5.32 Å². The molecule has 0 unspecified atom stereocenters. The molecular formula is C14H12BrFN2O. The summed E-state index contributed by atoms with van der Waals surface area (Å²) in [7, 11) is 0. The molecule has 0 bridgehead atoms. The molecule has 0 fully saturated rings. The van der Waals surface area contributed by atoms with Crippen LogP contribution in [0.25, 0.3) is 0 Å². The first kappa shape index (κ1) is 13.7. The number of benzene rings is 1. The van der Waals surface area contributed by atoms with Gasteiger partial charge in [-0.2, -0.15) is 0 Å². The average Bonchev–Trinajstić information content (AvgIpc) is 2.32. The summed E-state index contributed by atoms with van der Waals surface area (Å²) in [5, 5.41) is 2.64. The van der Waals surface area contributed by atoms with Crippen LogP contribution in [0.3, 0.4) is 0 Å². The Morgan fingerprint density at radius 3 is 2.63 bits per heavy atom. The fraction of sp³-hybridized carbons (Fsp3) is 0.143. The number of carbonyl (C=O) groups excluding carboxylic acids is 1. The lowest BCUT2D eigenvalue weighted by Crippen LogP contribution is -2.13. The number of hydrogen-bond acceptors (Lipinski definition) is 2. The number of amides is 1. The van der Waals surface area contributed by atoms with Crippen LogP contribution in [0.2, 0.25) is 0 Å². The zero-order chi connectivity index (χ0) is 14.0. The van der Waals surface area contributed by atoms with Gasteiger partial charge in [0.1, 0.15) is 11.6 Å². The molecule has 1 aromatic carbocycles. The zero-order valence-corrected chi connectivity index (χ0v) is 12.1. The van der Waals surface area contributed by atoms with Crippen molar-refractivity contribution in [3.8, 4) is 0 Å². The first-order valence-electron chi connectivity index (χ1n) is 5.67. The van der Waals surface area contributed by atoms with E-state index in [1.54, 1.807) is 25.1 Å². The van der Waals surface area contributed by atoms with E-state index in [0.717, 1.165) is 10.2 Å². The summed E-state index contributed by atoms with van der Waals surface area (Å²) in [5.41, 5.74) is 1.75. The minimum atomic E-state index is -0.426. The lowest BCUT2D eigenvalue weighted by atomic mass is 10.1. The lowest BCUT2D eigenvalue weighted by molar-refractivity contribution is 0.102. The SMILES string of the molecule is Cc1cc(F)cc(C(=O)Nc2ccc(Br)c(C)n2)c1. The molecule has 3 nitrogen and oxygen atoms in total. The predicted molar refractivity (Wildman–Crippen MR) is 75.8 cm³/mol. The van der Waals surface area contributed by atoms with Gasteiger partial charge >= 0.3 is 0 Å². The van der Waals surface area contributed by atoms with Crippen molar-refractivity contribution in [1.82, 2.24) is 4.98 Å². The molecule has 19 heavy (non-hydrogen) atoms. The van der Waals surface area contributed by atoms with Gasteiger partial charge in [0, 0.05) is 10.0 Å². The third kappa shape index (κ3) is 3.38. The van der Waals surface area contributed by atoms with Crippen LogP contribution < -0.4 is 5.32 Å². The molecule has 1 heterocycles. The second-order valence-electron chi connectivity index (χ2n) is 4.24. The van der Waals surface area contributed by atoms with Crippen molar-refractivity contribution in [2.45, 2.75) is 13.8 Å². The van der Waals surface area contributed by atoms with E-state index in [2.05, 4.69) is 26.2 Å². The van der Waals surface area contributed by atoms with Crippen molar-refractivity contribution in [1.29, 1.82) is 0 Å². The molecule has 0 aliphatic carbocycles. The summed E-state index contributed by atoms with van der Waals surface area (Å²) in [6, 6.07) is 7.69. The number of halogens is 2. The molecule has 2 rings (SSSR count). The topological polar surface area (TPSA) is 42.0 Å². The number of hydrogen-bond donors (Lipinski definition) is 1. The monoisotopic (exact) mass is 322 g/mol. The third-order valence-electron chi connectivity index (χ3n) is 2.57. The molecule has 0 saturated carbocycles. The maximum absolute atomic E-state index is 13.2. The predicted octanol–water partition coefficient (Wildman–Crippen LogP) is 3.85. The van der Waals surface area contributed by atoms with E-state index >= 15 is 0 Å². The molecule has 1 amide bonds. The van der Waals surface area contributed by atoms with Crippen LogP contribution in [-0.2, 0) is 0 Å². The summed E-state index contributed by atoms with van der Waals surface area (Å²) in [5.74, 6) is -0.366. The van der Waals surface area contributed by atoms with Crippen LogP contribution in [0.15, 0.2) is 34.8 Å². The van der Waals surface area contributed by atoms with E-state index < -0.39 is 5.82 Å². The van der Waals surface area contributed by atoms with Crippen LogP contribution >= 0.6 is 15.9 Å². The number of aromatic nitrogens is 1. The maximum Gasteiger partial charge on any atom is 0.256 e. The molecule has 0 aliphatic rings. The highest BCUT2D eigenvalue weighted by molar-refractivity contribution is 9.10. The van der Waals surface area contributed by atoms with Crippen LogP contribution in [0.1, 0.15) is 21.6 Å². The minimum Gasteiger partial charge on any atom is -0.307 e. The molecule has 0 aliphatic heterocycles. The summed E-state index contributed by atoms with van der Waals surface area (Å²) in [4.78, 5) is 16.2. The van der Waals surface area contributed by atoms with Gasteiger partial charge in [-0.1, -0.05) is 0 Å². The number of anilines is 1. The molecule has 2 aromatic rings. The van der Waals surface area contributed by atoms with Gasteiger partial charge in [-0.3, -0.25) is 4.79 Å². The Morgan fingerprint density at radius 2 is 2.00 bits per heavy atom. The molecule has 0 saturated heterocycles. The van der Waals surface area contributed by atoms with E-state index in [9.17, 15) is 9.18 Å². The van der Waals surface area contributed by atoms with Gasteiger partial charge in [-0.15, -0.1) is 0 Å². The Kier molecular flexibility index (Phi) is 3.95. The number of nitrogens with one attached hydrogen (secondary N) is 1. The number of rotatable bonds is 2. The Hall–Kier alpha value is -1.75. The van der Waals surface area contributed by atoms with E-state index in [4.69, 9.17) is 0 Å². The molecule has 5 heteroatoms. The molecule has 0 atom stereocenters. The molecule has 1 aromatic heterocycles. The summed E-state index contributed by atoms with van der Waals surface area (Å²) in [6.07, 6.45) is 0. The Balaban J connectivity index is 2.22. The van der Waals surface area contributed by atoms with Gasteiger partial charge in [-0.25, -0.2) is 9.37 Å². The summed E-state index contributed by atoms with van der Waals surface area (Å²) in [6.45, 7) is 3.56. The van der Waals surface area contributed by atoms with E-state index in [1.807, 2.05) is 6.92 Å². The van der Waals surface area contributed by atoms with Gasteiger partial charge in [0.15, 0.2) is 0 Å². The number of aryl methyl sites for hydroxylation is 2. The second-order valence-corrected chi connectivity index (χ2v) is 5.09. The maximum atomic E-state index is 13.2. The van der Waals surface area contributed by atoms with Crippen molar-refractivity contribution >= 4 is 27.7 Å². The Labute approximate surface area is 119 Å². The average molecular weight is 323 g/mol. The Morgan fingerprint density at radius 1 is 1.26 bits per heavy atom. The third-order valence-corrected chi connectivity index (χ3v) is 3.41. The van der Waals surface area contributed by atoms with E-state index in [0.29, 0.717) is 11.4 Å². The van der Waals surface area contributed by atoms with Crippen molar-refractivity contribution < 1.29 is 9.18 Å². The van der Waals surface area contributed by atoms with Crippen molar-refractivity contribution in [2.24, 2.45) is 0 Å². The second kappa shape index (κ2) is 5.48. The van der Waals surface area contributed by atoms with Crippen molar-refractivity contribution in [3.05, 3.63) is 57.4 Å². The van der Waals surface area contributed by atoms with E-state index in [-0.39, 0.29) is 11.5 Å². The highest BCUT2D eigenvalue weighted by Gasteiger charge is 2.09. The molecule has 0 radical (unpaired) electrons. The van der Waals surface area contributed by atoms with Crippen LogP contribution in [0, 0.1) is 19.7 Å². The zero-order valence-electron chi connectivity index (χ0n) is 10.5. The van der Waals surface area contributed by atoms with Gasteiger partial charge in [0.05, 0.1) is 5.69 Å². The smallest absolute Gasteiger partial charge is 0.256 e. The Bertz CT molecular complexity index is 623. The van der Waals surface area contributed by atoms with Crippen molar-refractivity contribution in [3.63, 3.8) is 0 Å². The first-order valence-corrected chi connectivity index (χ1v) is 6.47. The van der Waals surface area contributed by atoms with Crippen LogP contribution in [0.5, 0.6) is 0 Å². The summed E-state index contributed by atoms with van der Waals surface area (Å²) >= 11 is 3.33. The lowest BCUT2D eigenvalue weighted by Gasteiger charge is -2.07. The highest BCUT2D eigenvalue weighted by atomic mass is 79.9. The fourth-order valence-electron chi connectivity index (χ4n) is 1.67. The number of carbonyl (C=O) groups is 1. The van der Waals surface area contributed by atoms with Crippen molar-refractivity contribution in [2.75, 3.05) is 5.32 Å². The molecular weight excluding hydrogens is 311 g/mol. The largest absolute Gasteiger partial charge is 0.307 e. The number of pyridine rings is 1. The highest BCUT2D eigenvalue weighted by Crippen LogP contribution is 2.17. The molecule has 0 spiro atoms. The van der Waals surface area contributed by atoms with Gasteiger partial charge in [-0.05, 0) is 65.7 Å². The van der Waals surface area contributed by atoms with Gasteiger partial charge in [0.2, 0.25) is 0 Å².